The summed E-state index contributed by atoms with van der Waals surface area (Å²) in [6, 6.07) is 0. The van der Waals surface area contributed by atoms with Crippen LogP contribution < -0.4 is 16.6 Å². The molecule has 0 saturated heterocycles. The van der Waals surface area contributed by atoms with Crippen molar-refractivity contribution < 1.29 is 0 Å². The van der Waals surface area contributed by atoms with Crippen LogP contribution in [0.3, 0.4) is 0 Å². The number of nitrogens with zero attached hydrogens (tertiary/aromatic N) is 1. The van der Waals surface area contributed by atoms with Gasteiger partial charge >= 0.3 is 5.69 Å². The first-order valence-corrected chi connectivity index (χ1v) is 8.63. The molecule has 0 aromatic carbocycles. The van der Waals surface area contributed by atoms with Gasteiger partial charge in [-0.2, -0.15) is 0 Å². The number of nitrogens with one attached hydrogen (secondary N) is 3. The van der Waals surface area contributed by atoms with Crippen molar-refractivity contribution in [1.29, 1.82) is 0 Å². The Morgan fingerprint density at radius 1 is 0.870 bits per heavy atom. The Labute approximate surface area is 136 Å². The molecule has 1 aromatic heterocycles. The molecule has 0 bridgehead atoms. The molecule has 0 unspecified atom stereocenters. The highest BCUT2D eigenvalue weighted by atomic mass is 16.3. The summed E-state index contributed by atoms with van der Waals surface area (Å²) in [7, 11) is 0. The number of anilines is 1. The van der Waals surface area contributed by atoms with Crippen LogP contribution in [0.2, 0.25) is 0 Å². The molecule has 1 rings (SSSR count). The van der Waals surface area contributed by atoms with Crippen LogP contribution in [0.4, 0.5) is 11.5 Å². The van der Waals surface area contributed by atoms with E-state index in [1.807, 2.05) is 4.98 Å². The molecule has 7 nitrogen and oxygen atoms in total. The molecule has 0 amide bonds. The maximum absolute atomic E-state index is 11.4. The molecule has 0 saturated carbocycles. The summed E-state index contributed by atoms with van der Waals surface area (Å²) >= 11 is 0. The second kappa shape index (κ2) is 11.6. The number of hydrogen-bond acceptors (Lipinski definition) is 5. The lowest BCUT2D eigenvalue weighted by Gasteiger charge is -2.06. The molecule has 130 valence electrons. The van der Waals surface area contributed by atoms with Crippen molar-refractivity contribution in [1.82, 2.24) is 9.97 Å². The average Bonchev–Trinajstić information content (AvgIpc) is 2.52. The molecule has 0 aliphatic carbocycles. The van der Waals surface area contributed by atoms with E-state index in [0.717, 1.165) is 12.8 Å². The minimum absolute atomic E-state index is 0.102. The number of aromatic nitrogens is 2. The van der Waals surface area contributed by atoms with Gasteiger partial charge in [0.05, 0.1) is 0 Å². The molecule has 7 heteroatoms. The Hall–Kier alpha value is -1.92. The van der Waals surface area contributed by atoms with Crippen molar-refractivity contribution in [3.8, 4) is 0 Å². The number of rotatable bonds is 13. The fourth-order valence-electron chi connectivity index (χ4n) is 2.52. The zero-order valence-corrected chi connectivity index (χ0v) is 14.0. The van der Waals surface area contributed by atoms with Gasteiger partial charge in [0.1, 0.15) is 5.82 Å². The standard InChI is InChI=1S/C16H28N4O3/c1-2-3-4-5-6-7-8-9-10-11-12-17-14-13(20-23)15(21)19-16(22)18-14/h2-12H2,1H3,(H3,17,18,19,21,22). The van der Waals surface area contributed by atoms with E-state index in [-0.39, 0.29) is 11.5 Å². The van der Waals surface area contributed by atoms with Gasteiger partial charge < -0.3 is 5.32 Å². The van der Waals surface area contributed by atoms with E-state index in [1.165, 1.54) is 51.4 Å². The molecule has 3 N–H and O–H groups in total. The Bertz CT molecular complexity index is 565. The quantitative estimate of drug-likeness (QED) is 0.379. The zero-order chi connectivity index (χ0) is 16.9. The van der Waals surface area contributed by atoms with Crippen molar-refractivity contribution >= 4 is 11.5 Å². The highest BCUT2D eigenvalue weighted by molar-refractivity contribution is 5.57. The molecule has 0 aliphatic rings. The van der Waals surface area contributed by atoms with Crippen molar-refractivity contribution in [2.45, 2.75) is 71.1 Å². The van der Waals surface area contributed by atoms with Gasteiger partial charge in [-0.15, -0.1) is 4.91 Å². The Balaban J connectivity index is 2.13. The Morgan fingerprint density at radius 3 is 2.00 bits per heavy atom. The van der Waals surface area contributed by atoms with Gasteiger partial charge in [0.25, 0.3) is 5.56 Å². The van der Waals surface area contributed by atoms with Crippen LogP contribution in [0.15, 0.2) is 14.8 Å². The van der Waals surface area contributed by atoms with E-state index >= 15 is 0 Å². The van der Waals surface area contributed by atoms with Crippen molar-refractivity contribution in [2.75, 3.05) is 11.9 Å². The van der Waals surface area contributed by atoms with E-state index in [4.69, 9.17) is 0 Å². The third-order valence-electron chi connectivity index (χ3n) is 3.84. The van der Waals surface area contributed by atoms with Crippen LogP contribution in [-0.4, -0.2) is 16.5 Å². The predicted octanol–water partition coefficient (Wildman–Crippen LogP) is 3.79. The van der Waals surface area contributed by atoms with Crippen molar-refractivity contribution in [2.24, 2.45) is 5.18 Å². The Kier molecular flexibility index (Phi) is 9.66. The van der Waals surface area contributed by atoms with Gasteiger partial charge in [-0.05, 0) is 11.6 Å². The van der Waals surface area contributed by atoms with Gasteiger partial charge in [-0.1, -0.05) is 64.7 Å². The largest absolute Gasteiger partial charge is 0.369 e. The first-order valence-electron chi connectivity index (χ1n) is 8.63. The van der Waals surface area contributed by atoms with Gasteiger partial charge in [0.2, 0.25) is 5.69 Å². The molecule has 0 atom stereocenters. The topological polar surface area (TPSA) is 107 Å². The van der Waals surface area contributed by atoms with E-state index in [9.17, 15) is 14.5 Å². The summed E-state index contributed by atoms with van der Waals surface area (Å²) in [4.78, 5) is 37.6. The second-order valence-electron chi connectivity index (χ2n) is 5.83. The van der Waals surface area contributed by atoms with Gasteiger partial charge in [0.15, 0.2) is 0 Å². The maximum atomic E-state index is 11.4. The lowest BCUT2D eigenvalue weighted by Crippen LogP contribution is -2.24. The van der Waals surface area contributed by atoms with Crippen LogP contribution in [0.5, 0.6) is 0 Å². The van der Waals surface area contributed by atoms with Crippen LogP contribution in [0, 0.1) is 4.91 Å². The summed E-state index contributed by atoms with van der Waals surface area (Å²) in [6.07, 6.45) is 12.4. The SMILES string of the molecule is CCCCCCCCCCCCNc1[nH]c(=O)[nH]c(=O)c1N=O. The lowest BCUT2D eigenvalue weighted by atomic mass is 10.1. The minimum Gasteiger partial charge on any atom is -0.369 e. The third kappa shape index (κ3) is 7.76. The van der Waals surface area contributed by atoms with Crippen molar-refractivity contribution in [3.05, 3.63) is 25.7 Å². The van der Waals surface area contributed by atoms with Crippen LogP contribution in [-0.2, 0) is 0 Å². The Morgan fingerprint density at radius 2 is 1.43 bits per heavy atom. The van der Waals surface area contributed by atoms with Gasteiger partial charge in [0, 0.05) is 6.54 Å². The summed E-state index contributed by atoms with van der Waals surface area (Å²) in [5, 5.41) is 5.56. The number of hydrogen-bond donors (Lipinski definition) is 3. The van der Waals surface area contributed by atoms with Crippen molar-refractivity contribution in [3.63, 3.8) is 0 Å². The minimum atomic E-state index is -0.769. The van der Waals surface area contributed by atoms with Gasteiger partial charge in [-0.3, -0.25) is 14.8 Å². The number of aromatic amines is 2. The van der Waals surface area contributed by atoms with E-state index in [1.54, 1.807) is 0 Å². The smallest absolute Gasteiger partial charge is 0.327 e. The highest BCUT2D eigenvalue weighted by Gasteiger charge is 2.09. The average molecular weight is 324 g/mol. The molecule has 0 spiro atoms. The van der Waals surface area contributed by atoms with E-state index < -0.39 is 11.2 Å². The number of unbranched alkanes of at least 4 members (excludes halogenated alkanes) is 9. The summed E-state index contributed by atoms with van der Waals surface area (Å²) in [5.74, 6) is 0.102. The summed E-state index contributed by atoms with van der Waals surface area (Å²) in [6.45, 7) is 2.82. The molecule has 0 aliphatic heterocycles. The van der Waals surface area contributed by atoms with E-state index in [0.29, 0.717) is 6.54 Å². The van der Waals surface area contributed by atoms with Crippen LogP contribution in [0.1, 0.15) is 71.1 Å². The van der Waals surface area contributed by atoms with Crippen LogP contribution in [0.25, 0.3) is 0 Å². The summed E-state index contributed by atoms with van der Waals surface area (Å²) < 4.78 is 0. The van der Waals surface area contributed by atoms with Crippen LogP contribution >= 0.6 is 0 Å². The first kappa shape index (κ1) is 19.1. The zero-order valence-electron chi connectivity index (χ0n) is 14.0. The third-order valence-corrected chi connectivity index (χ3v) is 3.84. The molecule has 1 heterocycles. The first-order chi connectivity index (χ1) is 11.2. The second-order valence-corrected chi connectivity index (χ2v) is 5.83. The van der Waals surface area contributed by atoms with E-state index in [2.05, 4.69) is 22.4 Å². The molecule has 1 aromatic rings. The lowest BCUT2D eigenvalue weighted by molar-refractivity contribution is 0.560. The number of H-pyrrole nitrogens is 2. The maximum Gasteiger partial charge on any atom is 0.327 e. The van der Waals surface area contributed by atoms with Gasteiger partial charge in [-0.25, -0.2) is 4.79 Å². The molecule has 23 heavy (non-hydrogen) atoms. The predicted molar refractivity (Wildman–Crippen MR) is 93.5 cm³/mol. The molecular formula is C16H28N4O3. The molecular weight excluding hydrogens is 296 g/mol. The summed E-state index contributed by atoms with van der Waals surface area (Å²) in [5.41, 5.74) is -1.72. The highest BCUT2D eigenvalue weighted by Crippen LogP contribution is 2.15. The number of nitroso groups, excluding NO2 is 1. The monoisotopic (exact) mass is 324 g/mol. The fourth-order valence-corrected chi connectivity index (χ4v) is 2.52. The molecule has 0 fully saturated rings. The normalized spacial score (nSPS) is 10.7. The fraction of sp³-hybridized carbons (Fsp3) is 0.750. The molecule has 0 radical (unpaired) electrons.